The van der Waals surface area contributed by atoms with Crippen molar-refractivity contribution in [2.75, 3.05) is 0 Å². The summed E-state index contributed by atoms with van der Waals surface area (Å²) in [4.78, 5) is 0.806. The molecule has 0 atom stereocenters. The Labute approximate surface area is 87.5 Å². The van der Waals surface area contributed by atoms with Gasteiger partial charge < -0.3 is 0 Å². The van der Waals surface area contributed by atoms with Crippen molar-refractivity contribution in [2.24, 2.45) is 0 Å². The minimum absolute atomic E-state index is 0.208. The van der Waals surface area contributed by atoms with Crippen LogP contribution in [0.15, 0.2) is 10.3 Å². The molecule has 0 aliphatic carbocycles. The molecule has 1 heterocycles. The van der Waals surface area contributed by atoms with Gasteiger partial charge in [0.25, 0.3) is 0 Å². The highest BCUT2D eigenvalue weighted by molar-refractivity contribution is 7.92. The predicted octanol–water partition coefficient (Wildman–Crippen LogP) is 2.77. The van der Waals surface area contributed by atoms with Crippen LogP contribution in [0, 0.1) is 6.92 Å². The molecule has 0 aromatic carbocycles. The lowest BCUT2D eigenvalue weighted by atomic mass is 10.5. The van der Waals surface area contributed by atoms with Gasteiger partial charge in [-0.2, -0.15) is 0 Å². The molecule has 5 heteroatoms. The van der Waals surface area contributed by atoms with Crippen LogP contribution in [-0.4, -0.2) is 13.7 Å². The minimum Gasteiger partial charge on any atom is -0.223 e. The Balaban J connectivity index is 3.32. The maximum Gasteiger partial charge on any atom is 0.182 e. The van der Waals surface area contributed by atoms with Crippen LogP contribution in [0.4, 0.5) is 0 Å². The average molecular weight is 238 g/mol. The Hall–Kier alpha value is -0.0600. The maximum atomic E-state index is 11.7. The Bertz CT molecular complexity index is 404. The molecule has 73 valence electrons. The summed E-state index contributed by atoms with van der Waals surface area (Å²) in [5.41, 5.74) is 0. The normalized spacial score (nSPS) is 12.4. The molecule has 13 heavy (non-hydrogen) atoms. The van der Waals surface area contributed by atoms with Crippen molar-refractivity contribution < 1.29 is 8.42 Å². The van der Waals surface area contributed by atoms with Crippen LogP contribution in [0.3, 0.4) is 0 Å². The zero-order chi connectivity index (χ0) is 10.2. The Morgan fingerprint density at radius 2 is 2.08 bits per heavy atom. The summed E-state index contributed by atoms with van der Waals surface area (Å²) in [6, 6.07) is 0. The quantitative estimate of drug-likeness (QED) is 0.793. The molecule has 0 amide bonds. The van der Waals surface area contributed by atoms with Gasteiger partial charge in [-0.05, 0) is 20.8 Å². The molecule has 0 aliphatic rings. The molecule has 1 aromatic rings. The van der Waals surface area contributed by atoms with E-state index >= 15 is 0 Å². The summed E-state index contributed by atoms with van der Waals surface area (Å²) in [6.45, 7) is 6.90. The largest absolute Gasteiger partial charge is 0.223 e. The van der Waals surface area contributed by atoms with Gasteiger partial charge in [0, 0.05) is 10.3 Å². The lowest BCUT2D eigenvalue weighted by Gasteiger charge is -2.05. The number of thiophene rings is 1. The number of sulfone groups is 1. The second-order valence-electron chi connectivity index (χ2n) is 2.93. The van der Waals surface area contributed by atoms with E-state index in [1.54, 1.807) is 19.2 Å². The first-order chi connectivity index (χ1) is 5.87. The van der Waals surface area contributed by atoms with Gasteiger partial charge in [0.2, 0.25) is 0 Å². The first kappa shape index (κ1) is 11.0. The summed E-state index contributed by atoms with van der Waals surface area (Å²) in [6.07, 6.45) is 0. The SMILES string of the molecule is [CH2]c1scc(S(=O)(=O)C(C)C)c1Cl. The smallest absolute Gasteiger partial charge is 0.182 e. The zero-order valence-electron chi connectivity index (χ0n) is 7.37. The van der Waals surface area contributed by atoms with Crippen LogP contribution in [0.5, 0.6) is 0 Å². The predicted molar refractivity (Wildman–Crippen MR) is 56.1 cm³/mol. The van der Waals surface area contributed by atoms with Crippen LogP contribution >= 0.6 is 22.9 Å². The second-order valence-corrected chi connectivity index (χ2v) is 6.75. The van der Waals surface area contributed by atoms with E-state index in [2.05, 4.69) is 6.92 Å². The van der Waals surface area contributed by atoms with Crippen molar-refractivity contribution in [2.45, 2.75) is 24.0 Å². The van der Waals surface area contributed by atoms with Crippen LogP contribution in [0.1, 0.15) is 18.7 Å². The molecule has 0 fully saturated rings. The number of hydrogen-bond donors (Lipinski definition) is 0. The highest BCUT2D eigenvalue weighted by atomic mass is 35.5. The average Bonchev–Trinajstić information content (AvgIpc) is 2.33. The van der Waals surface area contributed by atoms with Crippen LogP contribution < -0.4 is 0 Å². The van der Waals surface area contributed by atoms with Crippen LogP contribution in [-0.2, 0) is 9.84 Å². The Morgan fingerprint density at radius 3 is 2.38 bits per heavy atom. The molecule has 0 N–H and O–H groups in total. The molecule has 1 radical (unpaired) electrons. The zero-order valence-corrected chi connectivity index (χ0v) is 9.76. The monoisotopic (exact) mass is 237 g/mol. The molecule has 1 rings (SSSR count). The van der Waals surface area contributed by atoms with Crippen molar-refractivity contribution >= 4 is 32.8 Å². The molecule has 0 saturated carbocycles. The fraction of sp³-hybridized carbons (Fsp3) is 0.375. The van der Waals surface area contributed by atoms with E-state index in [9.17, 15) is 8.42 Å². The third-order valence-corrected chi connectivity index (χ3v) is 5.52. The molecular formula is C8H10ClO2S2. The first-order valence-electron chi connectivity index (χ1n) is 3.70. The topological polar surface area (TPSA) is 34.1 Å². The number of halogens is 1. The molecule has 0 unspecified atom stereocenters. The minimum atomic E-state index is -3.25. The summed E-state index contributed by atoms with van der Waals surface area (Å²) in [5, 5.41) is 1.36. The maximum absolute atomic E-state index is 11.7. The summed E-state index contributed by atoms with van der Waals surface area (Å²) < 4.78 is 23.3. The number of hydrogen-bond acceptors (Lipinski definition) is 3. The third kappa shape index (κ3) is 1.90. The standard InChI is InChI=1S/C8H10ClO2S2/c1-5(2)13(10,11)7-4-12-6(3)8(7)9/h4-5H,3H2,1-2H3. The van der Waals surface area contributed by atoms with Gasteiger partial charge in [0.15, 0.2) is 9.84 Å². The van der Waals surface area contributed by atoms with Crippen molar-refractivity contribution in [1.29, 1.82) is 0 Å². The van der Waals surface area contributed by atoms with E-state index in [-0.39, 0.29) is 9.92 Å². The summed E-state index contributed by atoms with van der Waals surface area (Å²) in [5.74, 6) is 0. The van der Waals surface area contributed by atoms with Crippen LogP contribution in [0.25, 0.3) is 0 Å². The van der Waals surface area contributed by atoms with E-state index in [0.29, 0.717) is 4.88 Å². The van der Waals surface area contributed by atoms with Gasteiger partial charge in [0.05, 0.1) is 15.2 Å². The van der Waals surface area contributed by atoms with Gasteiger partial charge in [-0.25, -0.2) is 8.42 Å². The Morgan fingerprint density at radius 1 is 1.54 bits per heavy atom. The van der Waals surface area contributed by atoms with Gasteiger partial charge >= 0.3 is 0 Å². The molecule has 0 bridgehead atoms. The molecule has 0 aliphatic heterocycles. The van der Waals surface area contributed by atoms with E-state index in [4.69, 9.17) is 11.6 Å². The highest BCUT2D eigenvalue weighted by Gasteiger charge is 2.24. The van der Waals surface area contributed by atoms with Gasteiger partial charge in [0.1, 0.15) is 0 Å². The molecule has 0 spiro atoms. The second kappa shape index (κ2) is 3.59. The molecular weight excluding hydrogens is 228 g/mol. The van der Waals surface area contributed by atoms with E-state index in [0.717, 1.165) is 0 Å². The first-order valence-corrected chi connectivity index (χ1v) is 6.50. The molecule has 1 aromatic heterocycles. The van der Waals surface area contributed by atoms with E-state index in [1.807, 2.05) is 0 Å². The highest BCUT2D eigenvalue weighted by Crippen LogP contribution is 2.32. The Kier molecular flexibility index (Phi) is 3.05. The van der Waals surface area contributed by atoms with Gasteiger partial charge in [-0.1, -0.05) is 11.6 Å². The van der Waals surface area contributed by atoms with Crippen LogP contribution in [0.2, 0.25) is 5.02 Å². The lowest BCUT2D eigenvalue weighted by Crippen LogP contribution is -2.13. The van der Waals surface area contributed by atoms with Crippen molar-refractivity contribution in [1.82, 2.24) is 0 Å². The number of rotatable bonds is 2. The van der Waals surface area contributed by atoms with Crippen molar-refractivity contribution in [3.8, 4) is 0 Å². The lowest BCUT2D eigenvalue weighted by molar-refractivity contribution is 0.588. The molecule has 2 nitrogen and oxygen atoms in total. The van der Waals surface area contributed by atoms with Crippen molar-refractivity contribution in [3.63, 3.8) is 0 Å². The van der Waals surface area contributed by atoms with Crippen molar-refractivity contribution in [3.05, 3.63) is 22.2 Å². The molecule has 0 saturated heterocycles. The van der Waals surface area contributed by atoms with Gasteiger partial charge in [-0.15, -0.1) is 11.3 Å². The van der Waals surface area contributed by atoms with E-state index < -0.39 is 15.1 Å². The fourth-order valence-corrected chi connectivity index (χ4v) is 3.59. The fourth-order valence-electron chi connectivity index (χ4n) is 0.811. The van der Waals surface area contributed by atoms with E-state index in [1.165, 1.54) is 11.3 Å². The summed E-state index contributed by atoms with van der Waals surface area (Å²) >= 11 is 7.06. The third-order valence-electron chi connectivity index (χ3n) is 1.70. The summed E-state index contributed by atoms with van der Waals surface area (Å²) in [7, 11) is -3.25. The van der Waals surface area contributed by atoms with Gasteiger partial charge in [-0.3, -0.25) is 0 Å².